The topological polar surface area (TPSA) is 58.2 Å². The van der Waals surface area contributed by atoms with Crippen molar-refractivity contribution in [3.63, 3.8) is 0 Å². The van der Waals surface area contributed by atoms with Crippen LogP contribution in [0.25, 0.3) is 0 Å². The van der Waals surface area contributed by atoms with Crippen LogP contribution in [0.4, 0.5) is 5.69 Å². The molecule has 0 saturated carbocycles. The zero-order chi connectivity index (χ0) is 15.2. The highest BCUT2D eigenvalue weighted by molar-refractivity contribution is 9.10. The van der Waals surface area contributed by atoms with Gasteiger partial charge in [0, 0.05) is 15.1 Å². The molecular formula is C15H12BrClN2O2. The Labute approximate surface area is 135 Å². The molecule has 2 aromatic carbocycles. The number of carbonyl (C=O) groups excluding carboxylic acids is 2. The molecule has 0 aliphatic rings. The SMILES string of the molecule is O=C(CNC(=O)c1ccccc1)Nc1cc(Cl)ccc1Br. The zero-order valence-electron chi connectivity index (χ0n) is 10.9. The summed E-state index contributed by atoms with van der Waals surface area (Å²) in [6.45, 7) is -0.118. The number of anilines is 1. The number of amides is 2. The zero-order valence-corrected chi connectivity index (χ0v) is 13.2. The van der Waals surface area contributed by atoms with E-state index in [1.54, 1.807) is 42.5 Å². The second-order valence-electron chi connectivity index (χ2n) is 4.22. The van der Waals surface area contributed by atoms with Crippen molar-refractivity contribution in [3.8, 4) is 0 Å². The van der Waals surface area contributed by atoms with E-state index in [1.165, 1.54) is 0 Å². The Morgan fingerprint density at radius 3 is 2.52 bits per heavy atom. The van der Waals surface area contributed by atoms with E-state index in [0.29, 0.717) is 16.3 Å². The summed E-state index contributed by atoms with van der Waals surface area (Å²) in [7, 11) is 0. The van der Waals surface area contributed by atoms with Gasteiger partial charge in [-0.15, -0.1) is 0 Å². The predicted octanol–water partition coefficient (Wildman–Crippen LogP) is 3.47. The molecule has 108 valence electrons. The standard InChI is InChI=1S/C15H12BrClN2O2/c16-12-7-6-11(17)8-13(12)19-14(20)9-18-15(21)10-4-2-1-3-5-10/h1-8H,9H2,(H,18,21)(H,19,20). The minimum Gasteiger partial charge on any atom is -0.343 e. The molecule has 0 fully saturated rings. The summed E-state index contributed by atoms with van der Waals surface area (Å²) in [6, 6.07) is 13.8. The second-order valence-corrected chi connectivity index (χ2v) is 5.51. The molecule has 2 amide bonds. The number of rotatable bonds is 4. The van der Waals surface area contributed by atoms with Gasteiger partial charge in [0.2, 0.25) is 5.91 Å². The first-order chi connectivity index (χ1) is 10.1. The molecule has 2 rings (SSSR count). The van der Waals surface area contributed by atoms with Crippen LogP contribution in [-0.4, -0.2) is 18.4 Å². The average Bonchev–Trinajstić information content (AvgIpc) is 2.49. The van der Waals surface area contributed by atoms with Crippen molar-refractivity contribution in [3.05, 3.63) is 63.6 Å². The van der Waals surface area contributed by atoms with Crippen LogP contribution in [0.5, 0.6) is 0 Å². The Morgan fingerprint density at radius 2 is 1.81 bits per heavy atom. The van der Waals surface area contributed by atoms with Crippen LogP contribution >= 0.6 is 27.5 Å². The molecule has 0 spiro atoms. The molecule has 0 radical (unpaired) electrons. The van der Waals surface area contributed by atoms with E-state index >= 15 is 0 Å². The number of carbonyl (C=O) groups is 2. The maximum absolute atomic E-state index is 11.8. The van der Waals surface area contributed by atoms with Crippen LogP contribution in [0.3, 0.4) is 0 Å². The van der Waals surface area contributed by atoms with Crippen LogP contribution in [0.15, 0.2) is 53.0 Å². The van der Waals surface area contributed by atoms with E-state index in [-0.39, 0.29) is 18.4 Å². The Hall–Kier alpha value is -1.85. The molecule has 2 N–H and O–H groups in total. The van der Waals surface area contributed by atoms with E-state index in [2.05, 4.69) is 26.6 Å². The van der Waals surface area contributed by atoms with Crippen molar-refractivity contribution in [2.24, 2.45) is 0 Å². The lowest BCUT2D eigenvalue weighted by Crippen LogP contribution is -2.32. The van der Waals surface area contributed by atoms with Crippen LogP contribution < -0.4 is 10.6 Å². The fourth-order valence-electron chi connectivity index (χ4n) is 1.64. The van der Waals surface area contributed by atoms with Crippen molar-refractivity contribution in [1.82, 2.24) is 5.32 Å². The lowest BCUT2D eigenvalue weighted by Gasteiger charge is -2.09. The number of nitrogens with one attached hydrogen (secondary N) is 2. The molecule has 0 bridgehead atoms. The van der Waals surface area contributed by atoms with Gasteiger partial charge in [-0.2, -0.15) is 0 Å². The maximum Gasteiger partial charge on any atom is 0.251 e. The third kappa shape index (κ3) is 4.58. The van der Waals surface area contributed by atoms with Gasteiger partial charge < -0.3 is 10.6 Å². The summed E-state index contributed by atoms with van der Waals surface area (Å²) in [5.74, 6) is -0.627. The average molecular weight is 368 g/mol. The normalized spacial score (nSPS) is 10.0. The molecule has 2 aromatic rings. The van der Waals surface area contributed by atoms with Gasteiger partial charge in [0.15, 0.2) is 0 Å². The fraction of sp³-hybridized carbons (Fsp3) is 0.0667. The Bertz CT molecular complexity index is 662. The van der Waals surface area contributed by atoms with Gasteiger partial charge in [-0.25, -0.2) is 0 Å². The monoisotopic (exact) mass is 366 g/mol. The van der Waals surface area contributed by atoms with E-state index in [9.17, 15) is 9.59 Å². The van der Waals surface area contributed by atoms with Gasteiger partial charge in [0.1, 0.15) is 0 Å². The molecule has 0 aliphatic heterocycles. The largest absolute Gasteiger partial charge is 0.343 e. The van der Waals surface area contributed by atoms with Gasteiger partial charge in [-0.05, 0) is 46.3 Å². The first-order valence-corrected chi connectivity index (χ1v) is 7.31. The van der Waals surface area contributed by atoms with E-state index in [4.69, 9.17) is 11.6 Å². The summed E-state index contributed by atoms with van der Waals surface area (Å²) in [5, 5.41) is 5.74. The lowest BCUT2D eigenvalue weighted by atomic mass is 10.2. The van der Waals surface area contributed by atoms with Gasteiger partial charge in [-0.1, -0.05) is 29.8 Å². The Morgan fingerprint density at radius 1 is 1.10 bits per heavy atom. The number of benzene rings is 2. The summed E-state index contributed by atoms with van der Waals surface area (Å²) >= 11 is 9.18. The molecule has 0 heterocycles. The van der Waals surface area contributed by atoms with Crippen molar-refractivity contribution in [1.29, 1.82) is 0 Å². The smallest absolute Gasteiger partial charge is 0.251 e. The molecule has 6 heteroatoms. The van der Waals surface area contributed by atoms with E-state index < -0.39 is 0 Å². The fourth-order valence-corrected chi connectivity index (χ4v) is 2.16. The number of hydrogen-bond donors (Lipinski definition) is 2. The summed E-state index contributed by atoms with van der Waals surface area (Å²) < 4.78 is 0.717. The van der Waals surface area contributed by atoms with Gasteiger partial charge in [0.05, 0.1) is 12.2 Å². The van der Waals surface area contributed by atoms with Crippen molar-refractivity contribution >= 4 is 45.0 Å². The molecule has 0 unspecified atom stereocenters. The highest BCUT2D eigenvalue weighted by Crippen LogP contribution is 2.25. The van der Waals surface area contributed by atoms with Crippen LogP contribution in [0.1, 0.15) is 10.4 Å². The lowest BCUT2D eigenvalue weighted by molar-refractivity contribution is -0.115. The predicted molar refractivity (Wildman–Crippen MR) is 86.6 cm³/mol. The minimum atomic E-state index is -0.331. The summed E-state index contributed by atoms with van der Waals surface area (Å²) in [6.07, 6.45) is 0. The highest BCUT2D eigenvalue weighted by Gasteiger charge is 2.09. The molecule has 4 nitrogen and oxygen atoms in total. The van der Waals surface area contributed by atoms with Crippen molar-refractivity contribution < 1.29 is 9.59 Å². The Kier molecular flexibility index (Phi) is 5.36. The quantitative estimate of drug-likeness (QED) is 0.869. The second kappa shape index (κ2) is 7.24. The molecule has 0 aromatic heterocycles. The molecule has 0 atom stereocenters. The highest BCUT2D eigenvalue weighted by atomic mass is 79.9. The van der Waals surface area contributed by atoms with Crippen LogP contribution in [-0.2, 0) is 4.79 Å². The van der Waals surface area contributed by atoms with E-state index in [1.807, 2.05) is 6.07 Å². The summed E-state index contributed by atoms with van der Waals surface area (Å²) in [4.78, 5) is 23.6. The first kappa shape index (κ1) is 15.5. The third-order valence-corrected chi connectivity index (χ3v) is 3.57. The third-order valence-electron chi connectivity index (χ3n) is 2.65. The number of hydrogen-bond acceptors (Lipinski definition) is 2. The van der Waals surface area contributed by atoms with Crippen molar-refractivity contribution in [2.45, 2.75) is 0 Å². The summed E-state index contributed by atoms with van der Waals surface area (Å²) in [5.41, 5.74) is 1.07. The van der Waals surface area contributed by atoms with Gasteiger partial charge >= 0.3 is 0 Å². The molecule has 21 heavy (non-hydrogen) atoms. The van der Waals surface area contributed by atoms with Crippen LogP contribution in [0.2, 0.25) is 5.02 Å². The maximum atomic E-state index is 11.8. The van der Waals surface area contributed by atoms with Crippen molar-refractivity contribution in [2.75, 3.05) is 11.9 Å². The van der Waals surface area contributed by atoms with E-state index in [0.717, 1.165) is 4.47 Å². The van der Waals surface area contributed by atoms with Gasteiger partial charge in [-0.3, -0.25) is 9.59 Å². The molecule has 0 saturated heterocycles. The molecule has 0 aliphatic carbocycles. The first-order valence-electron chi connectivity index (χ1n) is 6.14. The number of halogens is 2. The Balaban J connectivity index is 1.91. The molecular weight excluding hydrogens is 356 g/mol. The van der Waals surface area contributed by atoms with Crippen LogP contribution in [0, 0.1) is 0 Å². The van der Waals surface area contributed by atoms with Gasteiger partial charge in [0.25, 0.3) is 5.91 Å². The minimum absolute atomic E-state index is 0.118.